The van der Waals surface area contributed by atoms with Gasteiger partial charge in [-0.2, -0.15) is 0 Å². The van der Waals surface area contributed by atoms with Gasteiger partial charge >= 0.3 is 0 Å². The van der Waals surface area contributed by atoms with Gasteiger partial charge in [0, 0.05) is 6.07 Å². The average Bonchev–Trinajstić information content (AvgIpc) is 2.14. The minimum Gasteiger partial charge on any atom is -0.385 e. The molecule has 0 spiro atoms. The summed E-state index contributed by atoms with van der Waals surface area (Å²) in [4.78, 5) is 0. The number of halogens is 1. The maximum atomic E-state index is 8.84. The number of nitrogens with zero attached hydrogens (tertiary/aromatic N) is 1. The van der Waals surface area contributed by atoms with E-state index in [1.54, 1.807) is 6.92 Å². The molecule has 3 nitrogen and oxygen atoms in total. The van der Waals surface area contributed by atoms with Gasteiger partial charge in [-0.05, 0) is 6.92 Å². The Hall–Kier alpha value is -0.540. The van der Waals surface area contributed by atoms with Crippen molar-refractivity contribution in [3.63, 3.8) is 0 Å². The molecule has 0 bridgehead atoms. The van der Waals surface area contributed by atoms with Crippen LogP contribution < -0.4 is 0 Å². The van der Waals surface area contributed by atoms with E-state index in [-0.39, 0.29) is 5.15 Å². The van der Waals surface area contributed by atoms with Crippen molar-refractivity contribution in [1.82, 2.24) is 5.16 Å². The molecule has 9 heavy (non-hydrogen) atoms. The molecule has 0 radical (unpaired) electrons. The van der Waals surface area contributed by atoms with Crippen LogP contribution in [0.1, 0.15) is 18.8 Å². The van der Waals surface area contributed by atoms with E-state index in [1.807, 2.05) is 0 Å². The van der Waals surface area contributed by atoms with Crippen LogP contribution in [0.3, 0.4) is 0 Å². The summed E-state index contributed by atoms with van der Waals surface area (Å²) in [6.45, 7) is 1.58. The van der Waals surface area contributed by atoms with E-state index in [2.05, 4.69) is 9.68 Å². The second-order valence-corrected chi connectivity index (χ2v) is 2.12. The average molecular weight is 148 g/mol. The zero-order valence-corrected chi connectivity index (χ0v) is 5.59. The van der Waals surface area contributed by atoms with Gasteiger partial charge in [-0.1, -0.05) is 16.8 Å². The van der Waals surface area contributed by atoms with Crippen molar-refractivity contribution in [1.29, 1.82) is 0 Å². The van der Waals surface area contributed by atoms with E-state index >= 15 is 0 Å². The Kier molecular flexibility index (Phi) is 1.73. The molecule has 0 aliphatic rings. The van der Waals surface area contributed by atoms with E-state index in [4.69, 9.17) is 16.7 Å². The van der Waals surface area contributed by atoms with Crippen LogP contribution in [0, 0.1) is 0 Å². The molecular weight excluding hydrogens is 142 g/mol. The third-order valence-corrected chi connectivity index (χ3v) is 1.09. The fourth-order valence-corrected chi connectivity index (χ4v) is 0.605. The maximum Gasteiger partial charge on any atom is 0.172 e. The van der Waals surface area contributed by atoms with Crippen molar-refractivity contribution < 1.29 is 9.63 Å². The lowest BCUT2D eigenvalue weighted by Crippen LogP contribution is -1.85. The topological polar surface area (TPSA) is 46.3 Å². The Morgan fingerprint density at radius 1 is 1.89 bits per heavy atom. The van der Waals surface area contributed by atoms with Crippen LogP contribution in [-0.2, 0) is 0 Å². The molecule has 1 N–H and O–H groups in total. The molecule has 0 aliphatic carbocycles. The maximum absolute atomic E-state index is 8.84. The van der Waals surface area contributed by atoms with Gasteiger partial charge in [-0.25, -0.2) is 0 Å². The molecule has 0 aromatic carbocycles. The lowest BCUT2D eigenvalue weighted by Gasteiger charge is -1.92. The monoisotopic (exact) mass is 147 g/mol. The van der Waals surface area contributed by atoms with E-state index in [9.17, 15) is 0 Å². The molecule has 1 atom stereocenters. The second-order valence-electron chi connectivity index (χ2n) is 1.73. The molecule has 0 saturated carbocycles. The molecule has 1 heterocycles. The lowest BCUT2D eigenvalue weighted by atomic mass is 10.3. The first-order valence-corrected chi connectivity index (χ1v) is 2.88. The van der Waals surface area contributed by atoms with Crippen molar-refractivity contribution >= 4 is 11.6 Å². The molecule has 1 unspecified atom stereocenters. The molecule has 50 valence electrons. The molecule has 0 amide bonds. The number of aromatic nitrogens is 1. The van der Waals surface area contributed by atoms with E-state index in [1.165, 1.54) is 6.07 Å². The quantitative estimate of drug-likeness (QED) is 0.653. The molecule has 1 aromatic heterocycles. The molecule has 1 rings (SSSR count). The summed E-state index contributed by atoms with van der Waals surface area (Å²) < 4.78 is 4.59. The van der Waals surface area contributed by atoms with Gasteiger partial charge < -0.3 is 9.63 Å². The van der Waals surface area contributed by atoms with Crippen LogP contribution in [-0.4, -0.2) is 10.3 Å². The largest absolute Gasteiger partial charge is 0.385 e. The fraction of sp³-hybridized carbons (Fsp3) is 0.400. The SMILES string of the molecule is CC(O)c1cc(Cl)no1. The Balaban J connectivity index is 2.85. The first kappa shape index (κ1) is 6.58. The predicted molar refractivity (Wildman–Crippen MR) is 32.1 cm³/mol. The van der Waals surface area contributed by atoms with E-state index in [0.29, 0.717) is 5.76 Å². The van der Waals surface area contributed by atoms with Crippen LogP contribution >= 0.6 is 11.6 Å². The number of hydrogen-bond donors (Lipinski definition) is 1. The lowest BCUT2D eigenvalue weighted by molar-refractivity contribution is 0.158. The molecule has 0 fully saturated rings. The van der Waals surface area contributed by atoms with E-state index < -0.39 is 6.10 Å². The van der Waals surface area contributed by atoms with Crippen molar-refractivity contribution in [2.24, 2.45) is 0 Å². The normalized spacial score (nSPS) is 13.7. The van der Waals surface area contributed by atoms with Gasteiger partial charge in [0.2, 0.25) is 0 Å². The number of rotatable bonds is 1. The Labute approximate surface area is 57.2 Å². The van der Waals surface area contributed by atoms with Gasteiger partial charge in [0.1, 0.15) is 6.10 Å². The minimum atomic E-state index is -0.634. The number of aliphatic hydroxyl groups excluding tert-OH is 1. The molecular formula is C5H6ClNO2. The van der Waals surface area contributed by atoms with Gasteiger partial charge in [-0.15, -0.1) is 0 Å². The molecule has 0 aliphatic heterocycles. The third kappa shape index (κ3) is 1.43. The first-order chi connectivity index (χ1) is 4.20. The smallest absolute Gasteiger partial charge is 0.172 e. The summed E-state index contributed by atoms with van der Waals surface area (Å²) in [5, 5.41) is 12.5. The van der Waals surface area contributed by atoms with Crippen LogP contribution in [0.15, 0.2) is 10.6 Å². The predicted octanol–water partition coefficient (Wildman–Crippen LogP) is 1.38. The number of hydrogen-bond acceptors (Lipinski definition) is 3. The zero-order valence-electron chi connectivity index (χ0n) is 4.84. The van der Waals surface area contributed by atoms with Crippen molar-refractivity contribution in [2.45, 2.75) is 13.0 Å². The highest BCUT2D eigenvalue weighted by molar-refractivity contribution is 6.29. The van der Waals surface area contributed by atoms with Gasteiger partial charge in [-0.3, -0.25) is 0 Å². The van der Waals surface area contributed by atoms with Gasteiger partial charge in [0.25, 0.3) is 0 Å². The summed E-state index contributed by atoms with van der Waals surface area (Å²) in [5.41, 5.74) is 0. The number of aliphatic hydroxyl groups is 1. The summed E-state index contributed by atoms with van der Waals surface area (Å²) >= 11 is 5.39. The fourth-order valence-electron chi connectivity index (χ4n) is 0.463. The molecule has 4 heteroatoms. The highest BCUT2D eigenvalue weighted by atomic mass is 35.5. The van der Waals surface area contributed by atoms with Crippen LogP contribution in [0.5, 0.6) is 0 Å². The van der Waals surface area contributed by atoms with Crippen molar-refractivity contribution in [3.05, 3.63) is 17.0 Å². The summed E-state index contributed by atoms with van der Waals surface area (Å²) in [5.74, 6) is 0.389. The van der Waals surface area contributed by atoms with Crippen molar-refractivity contribution in [2.75, 3.05) is 0 Å². The van der Waals surface area contributed by atoms with Crippen LogP contribution in [0.4, 0.5) is 0 Å². The second kappa shape index (κ2) is 2.37. The Bertz CT molecular complexity index is 197. The zero-order chi connectivity index (χ0) is 6.85. The van der Waals surface area contributed by atoms with Gasteiger partial charge in [0.15, 0.2) is 10.9 Å². The highest BCUT2D eigenvalue weighted by Crippen LogP contribution is 2.15. The standard InChI is InChI=1S/C5H6ClNO2/c1-3(8)4-2-5(6)7-9-4/h2-3,8H,1H3. The highest BCUT2D eigenvalue weighted by Gasteiger charge is 2.06. The molecule has 1 aromatic rings. The third-order valence-electron chi connectivity index (χ3n) is 0.911. The molecule has 0 saturated heterocycles. The van der Waals surface area contributed by atoms with Crippen LogP contribution in [0.25, 0.3) is 0 Å². The Morgan fingerprint density at radius 2 is 2.56 bits per heavy atom. The Morgan fingerprint density at radius 3 is 2.78 bits per heavy atom. The summed E-state index contributed by atoms with van der Waals surface area (Å²) in [6.07, 6.45) is -0.634. The summed E-state index contributed by atoms with van der Waals surface area (Å²) in [6, 6.07) is 1.48. The van der Waals surface area contributed by atoms with Crippen LogP contribution in [0.2, 0.25) is 5.15 Å². The summed E-state index contributed by atoms with van der Waals surface area (Å²) in [7, 11) is 0. The van der Waals surface area contributed by atoms with Crippen molar-refractivity contribution in [3.8, 4) is 0 Å². The van der Waals surface area contributed by atoms with Gasteiger partial charge in [0.05, 0.1) is 0 Å². The first-order valence-electron chi connectivity index (χ1n) is 2.50. The van der Waals surface area contributed by atoms with E-state index in [0.717, 1.165) is 0 Å². The minimum absolute atomic E-state index is 0.269.